The Balaban J connectivity index is 1.01. The molecule has 0 saturated carbocycles. The van der Waals surface area contributed by atoms with Crippen molar-refractivity contribution in [2.24, 2.45) is 0 Å². The van der Waals surface area contributed by atoms with Crippen LogP contribution < -0.4 is 4.90 Å². The van der Waals surface area contributed by atoms with Crippen LogP contribution in [0, 0.1) is 0 Å². The molecule has 0 radical (unpaired) electrons. The van der Waals surface area contributed by atoms with Crippen molar-refractivity contribution in [2.75, 3.05) is 4.90 Å². The molecule has 0 unspecified atom stereocenters. The maximum absolute atomic E-state index is 6.50. The van der Waals surface area contributed by atoms with E-state index in [0.717, 1.165) is 44.6 Å². The second-order valence-corrected chi connectivity index (χ2v) is 16.0. The van der Waals surface area contributed by atoms with Crippen molar-refractivity contribution in [3.05, 3.63) is 218 Å². The minimum atomic E-state index is 0.866. The molecular weight excluding hydrogens is 741 g/mol. The normalized spacial score (nSPS) is 11.9. The van der Waals surface area contributed by atoms with Gasteiger partial charge < -0.3 is 13.9 Å². The summed E-state index contributed by atoms with van der Waals surface area (Å²) < 4.78 is 8.93. The summed E-state index contributed by atoms with van der Waals surface area (Å²) in [6.07, 6.45) is 0. The molecule has 13 rings (SSSR count). The second kappa shape index (κ2) is 13.2. The molecular formula is C58H36N2O. The molecule has 0 N–H and O–H groups in total. The lowest BCUT2D eigenvalue weighted by Crippen LogP contribution is -2.10. The molecule has 0 fully saturated rings. The van der Waals surface area contributed by atoms with Gasteiger partial charge in [-0.1, -0.05) is 158 Å². The summed E-state index contributed by atoms with van der Waals surface area (Å²) in [6, 6.07) is 79.4. The van der Waals surface area contributed by atoms with Gasteiger partial charge in [-0.2, -0.15) is 0 Å². The van der Waals surface area contributed by atoms with Gasteiger partial charge in [0.1, 0.15) is 11.2 Å². The quantitative estimate of drug-likeness (QED) is 0.162. The van der Waals surface area contributed by atoms with Crippen LogP contribution in [-0.4, -0.2) is 4.57 Å². The van der Waals surface area contributed by atoms with Crippen LogP contribution >= 0.6 is 0 Å². The molecule has 0 amide bonds. The van der Waals surface area contributed by atoms with E-state index in [0.29, 0.717) is 0 Å². The Morgan fingerprint density at radius 3 is 1.66 bits per heavy atom. The largest absolute Gasteiger partial charge is 0.456 e. The van der Waals surface area contributed by atoms with Gasteiger partial charge in [0.2, 0.25) is 0 Å². The fourth-order valence-corrected chi connectivity index (χ4v) is 10.0. The Labute approximate surface area is 351 Å². The first-order chi connectivity index (χ1) is 30.3. The molecule has 0 aliphatic rings. The zero-order valence-corrected chi connectivity index (χ0v) is 33.1. The van der Waals surface area contributed by atoms with Crippen molar-refractivity contribution in [2.45, 2.75) is 0 Å². The predicted octanol–water partition coefficient (Wildman–Crippen LogP) is 16.4. The van der Waals surface area contributed by atoms with Gasteiger partial charge in [-0.05, 0) is 98.0 Å². The van der Waals surface area contributed by atoms with Crippen LogP contribution in [0.1, 0.15) is 0 Å². The van der Waals surface area contributed by atoms with Crippen LogP contribution in [-0.2, 0) is 0 Å². The molecule has 13 aromatic rings. The van der Waals surface area contributed by atoms with E-state index in [1.54, 1.807) is 0 Å². The fourth-order valence-electron chi connectivity index (χ4n) is 10.0. The summed E-state index contributed by atoms with van der Waals surface area (Å²) in [5.41, 5.74) is 10.9. The Hall–Kier alpha value is -8.14. The van der Waals surface area contributed by atoms with Crippen molar-refractivity contribution >= 4 is 104 Å². The summed E-state index contributed by atoms with van der Waals surface area (Å²) in [4.78, 5) is 2.41. The van der Waals surface area contributed by atoms with E-state index in [1.807, 2.05) is 12.1 Å². The van der Waals surface area contributed by atoms with Crippen molar-refractivity contribution in [1.82, 2.24) is 4.57 Å². The Morgan fingerprint density at radius 2 is 0.885 bits per heavy atom. The molecule has 3 nitrogen and oxygen atoms in total. The molecule has 0 spiro atoms. The van der Waals surface area contributed by atoms with Crippen molar-refractivity contribution in [3.63, 3.8) is 0 Å². The first kappa shape index (κ1) is 33.8. The molecule has 0 saturated heterocycles. The Morgan fingerprint density at radius 1 is 0.328 bits per heavy atom. The lowest BCUT2D eigenvalue weighted by atomic mass is 9.94. The standard InChI is InChI=1S/C58H36N2O/c1-2-14-41-37(13-1)27-31-45-44-16-4-6-18-47(44)56(36-52(41)45)59(40-30-32-51-50-21-9-12-24-57(50)61-58(51)35-40)39-28-25-38(26-29-39)42-33-34-55(46-17-5-3-15-43(42)46)60-53-22-10-7-19-48(53)49-20-8-11-23-54(49)60/h1-36H. The highest BCUT2D eigenvalue weighted by atomic mass is 16.3. The van der Waals surface area contributed by atoms with E-state index in [2.05, 4.69) is 216 Å². The Kier molecular flexibility index (Phi) is 7.31. The van der Waals surface area contributed by atoms with Crippen molar-refractivity contribution in [1.29, 1.82) is 0 Å². The number of nitrogens with zero attached hydrogens (tertiary/aromatic N) is 2. The summed E-state index contributed by atoms with van der Waals surface area (Å²) in [5.74, 6) is 0. The van der Waals surface area contributed by atoms with Gasteiger partial charge in [0.15, 0.2) is 0 Å². The fraction of sp³-hybridized carbons (Fsp3) is 0. The van der Waals surface area contributed by atoms with Crippen molar-refractivity contribution in [3.8, 4) is 16.8 Å². The van der Waals surface area contributed by atoms with E-state index >= 15 is 0 Å². The predicted molar refractivity (Wildman–Crippen MR) is 258 cm³/mol. The lowest BCUT2D eigenvalue weighted by Gasteiger charge is -2.28. The molecule has 0 aliphatic carbocycles. The molecule has 0 aliphatic heterocycles. The van der Waals surface area contributed by atoms with Gasteiger partial charge in [0.25, 0.3) is 0 Å². The van der Waals surface area contributed by atoms with Crippen LogP contribution in [0.2, 0.25) is 0 Å². The minimum absolute atomic E-state index is 0.866. The number of rotatable bonds is 5. The van der Waals surface area contributed by atoms with Crippen LogP contribution in [0.15, 0.2) is 223 Å². The van der Waals surface area contributed by atoms with Crippen LogP contribution in [0.5, 0.6) is 0 Å². The Bertz CT molecular complexity index is 3840. The second-order valence-electron chi connectivity index (χ2n) is 16.0. The molecule has 0 atom stereocenters. The average Bonchev–Trinajstić information content (AvgIpc) is 3.87. The summed E-state index contributed by atoms with van der Waals surface area (Å²) in [6.45, 7) is 0. The van der Waals surface area contributed by atoms with E-state index in [9.17, 15) is 0 Å². The number of hydrogen-bond acceptors (Lipinski definition) is 2. The van der Waals surface area contributed by atoms with E-state index in [4.69, 9.17) is 4.42 Å². The highest BCUT2D eigenvalue weighted by Crippen LogP contribution is 2.46. The van der Waals surface area contributed by atoms with Gasteiger partial charge in [-0.3, -0.25) is 0 Å². The SMILES string of the molecule is c1ccc2c(c1)ccc1c3ccccc3c(N(c3ccc(-c4ccc(-n5c6ccccc6c6ccccc65)c5ccccc45)cc3)c3ccc4c(c3)oc3ccccc34)cc21. The van der Waals surface area contributed by atoms with E-state index in [1.165, 1.54) is 76.1 Å². The number of furan rings is 1. The first-order valence-electron chi connectivity index (χ1n) is 20.9. The summed E-state index contributed by atoms with van der Waals surface area (Å²) in [5, 5.41) is 14.5. The van der Waals surface area contributed by atoms with Crippen LogP contribution in [0.25, 0.3) is 104 Å². The number of anilines is 3. The monoisotopic (exact) mass is 776 g/mol. The molecule has 11 aromatic carbocycles. The molecule has 2 aromatic heterocycles. The molecule has 284 valence electrons. The maximum atomic E-state index is 6.50. The maximum Gasteiger partial charge on any atom is 0.137 e. The third-order valence-electron chi connectivity index (χ3n) is 12.8. The first-order valence-corrected chi connectivity index (χ1v) is 20.9. The zero-order valence-electron chi connectivity index (χ0n) is 33.1. The van der Waals surface area contributed by atoms with E-state index in [-0.39, 0.29) is 0 Å². The molecule has 0 bridgehead atoms. The van der Waals surface area contributed by atoms with E-state index < -0.39 is 0 Å². The van der Waals surface area contributed by atoms with Gasteiger partial charge >= 0.3 is 0 Å². The van der Waals surface area contributed by atoms with Gasteiger partial charge in [0.05, 0.1) is 22.4 Å². The third-order valence-corrected chi connectivity index (χ3v) is 12.8. The summed E-state index contributed by atoms with van der Waals surface area (Å²) in [7, 11) is 0. The van der Waals surface area contributed by atoms with Gasteiger partial charge in [0, 0.05) is 49.8 Å². The van der Waals surface area contributed by atoms with Crippen LogP contribution in [0.3, 0.4) is 0 Å². The van der Waals surface area contributed by atoms with Crippen molar-refractivity contribution < 1.29 is 4.42 Å². The van der Waals surface area contributed by atoms with Gasteiger partial charge in [-0.15, -0.1) is 0 Å². The highest BCUT2D eigenvalue weighted by Gasteiger charge is 2.21. The third kappa shape index (κ3) is 5.11. The number of para-hydroxylation sites is 3. The summed E-state index contributed by atoms with van der Waals surface area (Å²) >= 11 is 0. The molecule has 3 heteroatoms. The zero-order chi connectivity index (χ0) is 40.0. The number of benzene rings is 11. The molecule has 61 heavy (non-hydrogen) atoms. The number of aromatic nitrogens is 1. The number of fused-ring (bicyclic) bond motifs is 12. The average molecular weight is 777 g/mol. The highest BCUT2D eigenvalue weighted by molar-refractivity contribution is 6.22. The lowest BCUT2D eigenvalue weighted by molar-refractivity contribution is 0.669. The molecule has 2 heterocycles. The number of hydrogen-bond donors (Lipinski definition) is 0. The van der Waals surface area contributed by atoms with Crippen LogP contribution in [0.4, 0.5) is 17.1 Å². The smallest absolute Gasteiger partial charge is 0.137 e. The minimum Gasteiger partial charge on any atom is -0.456 e. The topological polar surface area (TPSA) is 21.3 Å². The van der Waals surface area contributed by atoms with Gasteiger partial charge in [-0.25, -0.2) is 0 Å².